The van der Waals surface area contributed by atoms with Crippen molar-refractivity contribution < 1.29 is 9.90 Å². The second-order valence-corrected chi connectivity index (χ2v) is 4.54. The van der Waals surface area contributed by atoms with Gasteiger partial charge in [0.25, 0.3) is 0 Å². The van der Waals surface area contributed by atoms with E-state index >= 15 is 0 Å². The number of carboxylic acid groups (broad SMARTS) is 1. The number of carboxylic acids is 1. The first-order valence-corrected chi connectivity index (χ1v) is 6.19. The SMILES string of the molecule is CCn1c(C(=O)O)ccc1-c1cccc(Cl)c1Cl. The number of hydrogen-bond acceptors (Lipinski definition) is 1. The number of hydrogen-bond donors (Lipinski definition) is 1. The van der Waals surface area contributed by atoms with Crippen molar-refractivity contribution in [1.29, 1.82) is 0 Å². The number of aromatic nitrogens is 1. The molecule has 1 aromatic heterocycles. The molecular weight excluding hydrogens is 273 g/mol. The Balaban J connectivity index is 2.65. The molecule has 0 saturated carbocycles. The molecule has 2 rings (SSSR count). The molecule has 0 saturated heterocycles. The molecule has 0 bridgehead atoms. The molecule has 0 radical (unpaired) electrons. The molecule has 1 heterocycles. The van der Waals surface area contributed by atoms with Gasteiger partial charge in [-0.3, -0.25) is 0 Å². The summed E-state index contributed by atoms with van der Waals surface area (Å²) in [5.74, 6) is -0.957. The van der Waals surface area contributed by atoms with E-state index in [1.165, 1.54) is 0 Å². The average Bonchev–Trinajstić information content (AvgIpc) is 2.76. The minimum absolute atomic E-state index is 0.239. The van der Waals surface area contributed by atoms with Crippen molar-refractivity contribution in [3.05, 3.63) is 46.1 Å². The summed E-state index contributed by atoms with van der Waals surface area (Å²) in [6.07, 6.45) is 0. The summed E-state index contributed by atoms with van der Waals surface area (Å²) in [5, 5.41) is 9.99. The lowest BCUT2D eigenvalue weighted by Gasteiger charge is -2.11. The second-order valence-electron chi connectivity index (χ2n) is 3.75. The molecule has 3 nitrogen and oxygen atoms in total. The van der Waals surface area contributed by atoms with Gasteiger partial charge in [-0.1, -0.05) is 35.3 Å². The Bertz CT molecular complexity index is 605. The molecule has 0 aliphatic rings. The van der Waals surface area contributed by atoms with Crippen LogP contribution in [0.4, 0.5) is 0 Å². The molecule has 0 aliphatic carbocycles. The molecular formula is C13H11Cl2NO2. The summed E-state index contributed by atoms with van der Waals surface area (Å²) < 4.78 is 1.69. The maximum Gasteiger partial charge on any atom is 0.352 e. The fourth-order valence-electron chi connectivity index (χ4n) is 1.93. The number of rotatable bonds is 3. The van der Waals surface area contributed by atoms with E-state index in [2.05, 4.69) is 0 Å². The van der Waals surface area contributed by atoms with Crippen LogP contribution in [0.15, 0.2) is 30.3 Å². The topological polar surface area (TPSA) is 42.2 Å². The molecule has 5 heteroatoms. The van der Waals surface area contributed by atoms with Gasteiger partial charge in [0.2, 0.25) is 0 Å². The van der Waals surface area contributed by atoms with Crippen LogP contribution in [0, 0.1) is 0 Å². The van der Waals surface area contributed by atoms with Gasteiger partial charge in [0, 0.05) is 12.1 Å². The largest absolute Gasteiger partial charge is 0.477 e. The van der Waals surface area contributed by atoms with Gasteiger partial charge in [-0.05, 0) is 25.1 Å². The number of nitrogens with zero attached hydrogens (tertiary/aromatic N) is 1. The van der Waals surface area contributed by atoms with Gasteiger partial charge in [0.15, 0.2) is 0 Å². The number of benzene rings is 1. The van der Waals surface area contributed by atoms with Crippen LogP contribution in [0.25, 0.3) is 11.3 Å². The molecule has 0 unspecified atom stereocenters. The zero-order valence-electron chi connectivity index (χ0n) is 9.65. The number of halogens is 2. The normalized spacial score (nSPS) is 10.6. The molecule has 0 spiro atoms. The van der Waals surface area contributed by atoms with Crippen LogP contribution in [0.1, 0.15) is 17.4 Å². The highest BCUT2D eigenvalue weighted by atomic mass is 35.5. The van der Waals surface area contributed by atoms with E-state index in [0.717, 1.165) is 11.3 Å². The van der Waals surface area contributed by atoms with Crippen LogP contribution in [0.5, 0.6) is 0 Å². The first-order valence-electron chi connectivity index (χ1n) is 5.43. The fraction of sp³-hybridized carbons (Fsp3) is 0.154. The van der Waals surface area contributed by atoms with Crippen LogP contribution in [-0.2, 0) is 6.54 Å². The molecule has 94 valence electrons. The third-order valence-electron chi connectivity index (χ3n) is 2.74. The Hall–Kier alpha value is -1.45. The lowest BCUT2D eigenvalue weighted by molar-refractivity contribution is 0.0685. The molecule has 18 heavy (non-hydrogen) atoms. The maximum absolute atomic E-state index is 11.1. The van der Waals surface area contributed by atoms with E-state index in [0.29, 0.717) is 16.6 Å². The Labute approximate surface area is 115 Å². The van der Waals surface area contributed by atoms with Crippen molar-refractivity contribution in [2.75, 3.05) is 0 Å². The summed E-state index contributed by atoms with van der Waals surface area (Å²) in [6.45, 7) is 2.43. The third kappa shape index (κ3) is 2.11. The summed E-state index contributed by atoms with van der Waals surface area (Å²) in [5.41, 5.74) is 1.73. The summed E-state index contributed by atoms with van der Waals surface area (Å²) >= 11 is 12.1. The first-order chi connectivity index (χ1) is 8.56. The van der Waals surface area contributed by atoms with Crippen molar-refractivity contribution in [3.8, 4) is 11.3 Å². The quantitative estimate of drug-likeness (QED) is 0.918. The fourth-order valence-corrected chi connectivity index (χ4v) is 2.33. The van der Waals surface area contributed by atoms with E-state index in [9.17, 15) is 4.79 Å². The van der Waals surface area contributed by atoms with Gasteiger partial charge in [-0.2, -0.15) is 0 Å². The molecule has 0 aliphatic heterocycles. The van der Waals surface area contributed by atoms with Crippen molar-refractivity contribution in [3.63, 3.8) is 0 Å². The number of aromatic carboxylic acids is 1. The zero-order chi connectivity index (χ0) is 13.3. The minimum atomic E-state index is -0.957. The van der Waals surface area contributed by atoms with Crippen LogP contribution in [-0.4, -0.2) is 15.6 Å². The third-order valence-corrected chi connectivity index (χ3v) is 3.56. The zero-order valence-corrected chi connectivity index (χ0v) is 11.2. The van der Waals surface area contributed by atoms with E-state index in [1.54, 1.807) is 28.8 Å². The van der Waals surface area contributed by atoms with Crippen LogP contribution in [0.2, 0.25) is 10.0 Å². The van der Waals surface area contributed by atoms with Gasteiger partial charge >= 0.3 is 5.97 Å². The summed E-state index contributed by atoms with van der Waals surface area (Å²) in [7, 11) is 0. The van der Waals surface area contributed by atoms with E-state index in [1.807, 2.05) is 13.0 Å². The Morgan fingerprint density at radius 3 is 2.61 bits per heavy atom. The van der Waals surface area contributed by atoms with Gasteiger partial charge in [-0.15, -0.1) is 0 Å². The lowest BCUT2D eigenvalue weighted by atomic mass is 10.1. The highest BCUT2D eigenvalue weighted by molar-refractivity contribution is 6.43. The van der Waals surface area contributed by atoms with E-state index in [-0.39, 0.29) is 5.69 Å². The van der Waals surface area contributed by atoms with Crippen LogP contribution < -0.4 is 0 Å². The highest BCUT2D eigenvalue weighted by Gasteiger charge is 2.16. The number of carbonyl (C=O) groups is 1. The molecule has 1 aromatic carbocycles. The Morgan fingerprint density at radius 2 is 2.00 bits per heavy atom. The van der Waals surface area contributed by atoms with Crippen LogP contribution in [0.3, 0.4) is 0 Å². The lowest BCUT2D eigenvalue weighted by Crippen LogP contribution is -2.08. The van der Waals surface area contributed by atoms with E-state index in [4.69, 9.17) is 28.3 Å². The smallest absolute Gasteiger partial charge is 0.352 e. The van der Waals surface area contributed by atoms with Crippen molar-refractivity contribution in [1.82, 2.24) is 4.57 Å². The molecule has 2 aromatic rings. The van der Waals surface area contributed by atoms with Crippen LogP contribution >= 0.6 is 23.2 Å². The van der Waals surface area contributed by atoms with Crippen molar-refractivity contribution in [2.45, 2.75) is 13.5 Å². The minimum Gasteiger partial charge on any atom is -0.477 e. The van der Waals surface area contributed by atoms with Crippen molar-refractivity contribution >= 4 is 29.2 Å². The highest BCUT2D eigenvalue weighted by Crippen LogP contribution is 2.34. The summed E-state index contributed by atoms with van der Waals surface area (Å²) in [4.78, 5) is 11.1. The second kappa shape index (κ2) is 5.04. The maximum atomic E-state index is 11.1. The predicted octanol–water partition coefficient (Wildman–Crippen LogP) is 4.18. The van der Waals surface area contributed by atoms with Crippen molar-refractivity contribution in [2.24, 2.45) is 0 Å². The molecule has 0 atom stereocenters. The predicted molar refractivity (Wildman–Crippen MR) is 72.5 cm³/mol. The van der Waals surface area contributed by atoms with Gasteiger partial charge in [-0.25, -0.2) is 4.79 Å². The monoisotopic (exact) mass is 283 g/mol. The Morgan fingerprint density at radius 1 is 1.28 bits per heavy atom. The Kier molecular flexibility index (Phi) is 3.64. The molecule has 0 fully saturated rings. The average molecular weight is 284 g/mol. The molecule has 1 N–H and O–H groups in total. The van der Waals surface area contributed by atoms with Gasteiger partial charge in [0.05, 0.1) is 15.7 Å². The van der Waals surface area contributed by atoms with E-state index < -0.39 is 5.97 Å². The molecule has 0 amide bonds. The standard InChI is InChI=1S/C13H11Cl2NO2/c1-2-16-10(6-7-11(16)13(17)18)8-4-3-5-9(14)12(8)15/h3-7H,2H2,1H3,(H,17,18). The van der Waals surface area contributed by atoms with Gasteiger partial charge in [0.1, 0.15) is 5.69 Å². The summed E-state index contributed by atoms with van der Waals surface area (Å²) in [6, 6.07) is 8.62. The van der Waals surface area contributed by atoms with Gasteiger partial charge < -0.3 is 9.67 Å². The first kappa shape index (κ1) is 13.0.